The number of nitrogens with zero attached hydrogens (tertiary/aromatic N) is 3. The quantitative estimate of drug-likeness (QED) is 0.578. The lowest BCUT2D eigenvalue weighted by Crippen LogP contribution is -2.10. The smallest absolute Gasteiger partial charge is 0.305 e. The first-order valence-corrected chi connectivity index (χ1v) is 9.61. The molecule has 0 spiro atoms. The zero-order chi connectivity index (χ0) is 20.5. The van der Waals surface area contributed by atoms with Crippen molar-refractivity contribution in [1.29, 1.82) is 0 Å². The van der Waals surface area contributed by atoms with Crippen LogP contribution in [0.3, 0.4) is 0 Å². The van der Waals surface area contributed by atoms with E-state index in [1.165, 1.54) is 13.2 Å². The second kappa shape index (κ2) is 7.79. The van der Waals surface area contributed by atoms with Gasteiger partial charge in [-0.1, -0.05) is 23.7 Å². The van der Waals surface area contributed by atoms with Crippen molar-refractivity contribution in [1.82, 2.24) is 9.55 Å². The topological polar surface area (TPSA) is 56.5 Å². The first kappa shape index (κ1) is 19.3. The van der Waals surface area contributed by atoms with Gasteiger partial charge in [0.15, 0.2) is 0 Å². The number of hydrogen-bond acceptors (Lipinski definition) is 4. The van der Waals surface area contributed by atoms with Crippen LogP contribution >= 0.6 is 11.6 Å². The van der Waals surface area contributed by atoms with Crippen LogP contribution in [0.5, 0.6) is 0 Å². The molecule has 148 valence electrons. The SMILES string of the molecule is COC(=O)CC[C@@H]1N=C(c2ccccc2F)c2cc(Cl)ccc2-n2c(C)cnc21. The molecule has 29 heavy (non-hydrogen) atoms. The number of hydrogen-bond donors (Lipinski definition) is 0. The highest BCUT2D eigenvalue weighted by Gasteiger charge is 2.28. The first-order chi connectivity index (χ1) is 14.0. The average molecular weight is 412 g/mol. The number of ether oxygens (including phenoxy) is 1. The summed E-state index contributed by atoms with van der Waals surface area (Å²) in [5, 5.41) is 0.528. The summed E-state index contributed by atoms with van der Waals surface area (Å²) in [5.74, 6) is -0.00579. The van der Waals surface area contributed by atoms with Crippen LogP contribution in [0.25, 0.3) is 5.69 Å². The predicted octanol–water partition coefficient (Wildman–Crippen LogP) is 4.82. The highest BCUT2D eigenvalue weighted by molar-refractivity contribution is 6.31. The van der Waals surface area contributed by atoms with E-state index >= 15 is 0 Å². The van der Waals surface area contributed by atoms with E-state index in [1.807, 2.05) is 17.6 Å². The fraction of sp³-hybridized carbons (Fsp3) is 0.227. The van der Waals surface area contributed by atoms with Crippen molar-refractivity contribution in [3.05, 3.63) is 82.1 Å². The zero-order valence-corrected chi connectivity index (χ0v) is 16.8. The number of methoxy groups -OCH3 is 1. The van der Waals surface area contributed by atoms with E-state index in [9.17, 15) is 9.18 Å². The van der Waals surface area contributed by atoms with Gasteiger partial charge in [0.1, 0.15) is 17.7 Å². The summed E-state index contributed by atoms with van der Waals surface area (Å²) < 4.78 is 21.5. The minimum Gasteiger partial charge on any atom is -0.469 e. The van der Waals surface area contributed by atoms with E-state index in [0.29, 0.717) is 34.1 Å². The van der Waals surface area contributed by atoms with Gasteiger partial charge in [0.25, 0.3) is 0 Å². The summed E-state index contributed by atoms with van der Waals surface area (Å²) in [4.78, 5) is 21.2. The number of rotatable bonds is 4. The fourth-order valence-electron chi connectivity index (χ4n) is 3.60. The van der Waals surface area contributed by atoms with E-state index in [4.69, 9.17) is 21.3 Å². The lowest BCUT2D eigenvalue weighted by molar-refractivity contribution is -0.140. The molecular weight excluding hydrogens is 393 g/mol. The molecule has 1 aliphatic heterocycles. The van der Waals surface area contributed by atoms with Crippen molar-refractivity contribution in [2.45, 2.75) is 25.8 Å². The molecule has 0 unspecified atom stereocenters. The summed E-state index contributed by atoms with van der Waals surface area (Å²) in [7, 11) is 1.35. The van der Waals surface area contributed by atoms with E-state index in [1.54, 1.807) is 36.5 Å². The minimum absolute atomic E-state index is 0.179. The monoisotopic (exact) mass is 411 g/mol. The third-order valence-corrected chi connectivity index (χ3v) is 5.22. The molecule has 4 rings (SSSR count). The molecular formula is C22H19ClFN3O2. The van der Waals surface area contributed by atoms with Crippen LogP contribution in [0, 0.1) is 12.7 Å². The highest BCUT2D eigenvalue weighted by Crippen LogP contribution is 2.35. The lowest BCUT2D eigenvalue weighted by atomic mass is 9.99. The van der Waals surface area contributed by atoms with Crippen molar-refractivity contribution in [2.24, 2.45) is 4.99 Å². The van der Waals surface area contributed by atoms with Crippen molar-refractivity contribution in [3.8, 4) is 5.69 Å². The van der Waals surface area contributed by atoms with Gasteiger partial charge in [0.2, 0.25) is 0 Å². The Bertz CT molecular complexity index is 1120. The highest BCUT2D eigenvalue weighted by atomic mass is 35.5. The number of fused-ring (bicyclic) bond motifs is 3. The van der Waals surface area contributed by atoms with Gasteiger partial charge in [-0.3, -0.25) is 14.4 Å². The Balaban J connectivity index is 1.96. The third-order valence-electron chi connectivity index (χ3n) is 4.98. The minimum atomic E-state index is -0.441. The van der Waals surface area contributed by atoms with Gasteiger partial charge in [0, 0.05) is 34.5 Å². The maximum absolute atomic E-state index is 14.7. The van der Waals surface area contributed by atoms with Gasteiger partial charge >= 0.3 is 5.97 Å². The summed E-state index contributed by atoms with van der Waals surface area (Å²) in [5.41, 5.74) is 3.31. The van der Waals surface area contributed by atoms with E-state index in [2.05, 4.69) is 4.98 Å². The molecule has 3 aromatic rings. The number of benzene rings is 2. The molecule has 2 aromatic carbocycles. The molecule has 1 aliphatic rings. The Hall–Kier alpha value is -2.99. The second-order valence-corrected chi connectivity index (χ2v) is 7.28. The van der Waals surface area contributed by atoms with Crippen LogP contribution in [-0.4, -0.2) is 28.3 Å². The Kier molecular flexibility index (Phi) is 5.20. The van der Waals surface area contributed by atoms with Crippen LogP contribution in [0.4, 0.5) is 4.39 Å². The lowest BCUT2D eigenvalue weighted by Gasteiger charge is -2.14. The van der Waals surface area contributed by atoms with Crippen LogP contribution in [0.1, 0.15) is 41.5 Å². The van der Waals surface area contributed by atoms with Crippen molar-refractivity contribution in [3.63, 3.8) is 0 Å². The van der Waals surface area contributed by atoms with Gasteiger partial charge in [-0.15, -0.1) is 0 Å². The van der Waals surface area contributed by atoms with Gasteiger partial charge in [0.05, 0.1) is 18.5 Å². The number of carbonyl (C=O) groups is 1. The van der Waals surface area contributed by atoms with E-state index < -0.39 is 6.04 Å². The van der Waals surface area contributed by atoms with Crippen LogP contribution in [0.2, 0.25) is 5.02 Å². The standard InChI is InChI=1S/C22H19ClFN3O2/c1-13-12-25-22-18(8-10-20(28)29-2)26-21(15-5-3-4-6-17(15)24)16-11-14(23)7-9-19(16)27(13)22/h3-7,9,11-12,18H,8,10H2,1-2H3/t18-/m0/s1. The third kappa shape index (κ3) is 3.56. The predicted molar refractivity (Wildman–Crippen MR) is 109 cm³/mol. The zero-order valence-electron chi connectivity index (χ0n) is 16.0. The summed E-state index contributed by atoms with van der Waals surface area (Å²) in [6.45, 7) is 1.94. The number of esters is 1. The molecule has 1 aromatic heterocycles. The number of carbonyl (C=O) groups excluding carboxylic acids is 1. The molecule has 0 N–H and O–H groups in total. The molecule has 0 saturated heterocycles. The van der Waals surface area contributed by atoms with Gasteiger partial charge in [-0.25, -0.2) is 9.37 Å². The molecule has 0 aliphatic carbocycles. The second-order valence-electron chi connectivity index (χ2n) is 6.84. The number of aromatic nitrogens is 2. The Morgan fingerprint density at radius 2 is 2.03 bits per heavy atom. The van der Waals surface area contributed by atoms with Crippen molar-refractivity contribution >= 4 is 23.3 Å². The number of halogens is 2. The molecule has 0 radical (unpaired) electrons. The maximum Gasteiger partial charge on any atom is 0.305 e. The summed E-state index contributed by atoms with van der Waals surface area (Å²) in [6, 6.07) is 11.5. The van der Waals surface area contributed by atoms with Crippen LogP contribution < -0.4 is 0 Å². The van der Waals surface area contributed by atoms with Crippen molar-refractivity contribution in [2.75, 3.05) is 7.11 Å². The molecule has 2 heterocycles. The van der Waals surface area contributed by atoms with Gasteiger partial charge in [-0.05, 0) is 43.7 Å². The number of aliphatic imine (C=N–C) groups is 1. The molecule has 5 nitrogen and oxygen atoms in total. The average Bonchev–Trinajstić information content (AvgIpc) is 3.03. The van der Waals surface area contributed by atoms with Crippen molar-refractivity contribution < 1.29 is 13.9 Å². The molecule has 7 heteroatoms. The number of aryl methyl sites for hydroxylation is 1. The first-order valence-electron chi connectivity index (χ1n) is 9.23. The maximum atomic E-state index is 14.7. The van der Waals surface area contributed by atoms with Crippen LogP contribution in [-0.2, 0) is 9.53 Å². The molecule has 0 bridgehead atoms. The summed E-state index contributed by atoms with van der Waals surface area (Å²) in [6.07, 6.45) is 2.34. The normalized spacial score (nSPS) is 15.2. The van der Waals surface area contributed by atoms with E-state index in [-0.39, 0.29) is 18.2 Å². The molecule has 0 fully saturated rings. The molecule has 1 atom stereocenters. The van der Waals surface area contributed by atoms with Crippen LogP contribution in [0.15, 0.2) is 53.7 Å². The largest absolute Gasteiger partial charge is 0.469 e. The van der Waals surface area contributed by atoms with Gasteiger partial charge < -0.3 is 4.74 Å². The van der Waals surface area contributed by atoms with Gasteiger partial charge in [-0.2, -0.15) is 0 Å². The Morgan fingerprint density at radius 1 is 1.24 bits per heavy atom. The summed E-state index contributed by atoms with van der Waals surface area (Å²) >= 11 is 6.29. The fourth-order valence-corrected chi connectivity index (χ4v) is 3.77. The van der Waals surface area contributed by atoms with E-state index in [0.717, 1.165) is 11.4 Å². The Morgan fingerprint density at radius 3 is 2.79 bits per heavy atom. The Labute approximate surface area is 172 Å². The molecule has 0 saturated carbocycles. The number of imidazole rings is 1. The molecule has 0 amide bonds.